The molecule has 1 aliphatic rings. The van der Waals surface area contributed by atoms with Gasteiger partial charge in [-0.1, -0.05) is 41.9 Å². The highest BCUT2D eigenvalue weighted by molar-refractivity contribution is 7.92. The molecule has 1 heterocycles. The van der Waals surface area contributed by atoms with E-state index in [1.165, 1.54) is 16.4 Å². The fourth-order valence-corrected chi connectivity index (χ4v) is 5.22. The SMILES string of the molecule is Cc1ccc2c(c1)N(S(=O)(=O)c1ccccc1)CC(C(=O)NCCOc1ccc(C)c(Cl)c1)O2. The summed E-state index contributed by atoms with van der Waals surface area (Å²) in [5.41, 5.74) is 2.24. The van der Waals surface area contributed by atoms with Crippen molar-refractivity contribution in [2.75, 3.05) is 24.0 Å². The highest BCUT2D eigenvalue weighted by Crippen LogP contribution is 2.37. The smallest absolute Gasteiger partial charge is 0.264 e. The second kappa shape index (κ2) is 9.95. The van der Waals surface area contributed by atoms with Crippen molar-refractivity contribution in [3.8, 4) is 11.5 Å². The van der Waals surface area contributed by atoms with Gasteiger partial charge in [0.2, 0.25) is 0 Å². The number of fused-ring (bicyclic) bond motifs is 1. The summed E-state index contributed by atoms with van der Waals surface area (Å²) in [6, 6.07) is 18.7. The van der Waals surface area contributed by atoms with Gasteiger partial charge in [0.25, 0.3) is 15.9 Å². The van der Waals surface area contributed by atoms with Gasteiger partial charge in [0, 0.05) is 5.02 Å². The molecular formula is C25H25ClN2O5S. The topological polar surface area (TPSA) is 84.9 Å². The van der Waals surface area contributed by atoms with Crippen molar-refractivity contribution in [3.63, 3.8) is 0 Å². The van der Waals surface area contributed by atoms with Crippen LogP contribution >= 0.6 is 11.6 Å². The van der Waals surface area contributed by atoms with Crippen molar-refractivity contribution in [3.05, 3.63) is 82.9 Å². The van der Waals surface area contributed by atoms with Crippen LogP contribution in [0.25, 0.3) is 0 Å². The van der Waals surface area contributed by atoms with Crippen molar-refractivity contribution in [2.45, 2.75) is 24.8 Å². The van der Waals surface area contributed by atoms with Gasteiger partial charge in [0.15, 0.2) is 6.10 Å². The van der Waals surface area contributed by atoms with Crippen molar-refractivity contribution < 1.29 is 22.7 Å². The van der Waals surface area contributed by atoms with Crippen LogP contribution in [0.4, 0.5) is 5.69 Å². The lowest BCUT2D eigenvalue weighted by molar-refractivity contribution is -0.127. The zero-order valence-electron chi connectivity index (χ0n) is 18.8. The lowest BCUT2D eigenvalue weighted by Crippen LogP contribution is -2.51. The Morgan fingerprint density at radius 1 is 1.12 bits per heavy atom. The summed E-state index contributed by atoms with van der Waals surface area (Å²) in [7, 11) is -3.89. The van der Waals surface area contributed by atoms with E-state index >= 15 is 0 Å². The first kappa shape index (κ1) is 23.9. The second-order valence-corrected chi connectivity index (χ2v) is 10.2. The third-order valence-electron chi connectivity index (χ3n) is 5.42. The minimum absolute atomic E-state index is 0.145. The van der Waals surface area contributed by atoms with Crippen LogP contribution < -0.4 is 19.1 Å². The molecule has 3 aromatic carbocycles. The summed E-state index contributed by atoms with van der Waals surface area (Å²) in [5, 5.41) is 3.36. The standard InChI is InChI=1S/C25H25ClN2O5S/c1-17-8-11-23-22(14-17)28(34(30,31)20-6-4-3-5-7-20)16-24(33-23)25(29)27-12-13-32-19-10-9-18(2)21(26)15-19/h3-11,14-15,24H,12-13,16H2,1-2H3,(H,27,29). The molecule has 0 aliphatic carbocycles. The van der Waals surface area contributed by atoms with E-state index in [0.717, 1.165) is 11.1 Å². The van der Waals surface area contributed by atoms with E-state index in [1.807, 2.05) is 26.0 Å². The molecule has 0 saturated heterocycles. The number of rotatable bonds is 7. The minimum atomic E-state index is -3.89. The maximum atomic E-state index is 13.4. The monoisotopic (exact) mass is 500 g/mol. The van der Waals surface area contributed by atoms with Crippen molar-refractivity contribution in [2.24, 2.45) is 0 Å². The number of halogens is 1. The summed E-state index contributed by atoms with van der Waals surface area (Å²) < 4.78 is 39.6. The fraction of sp³-hybridized carbons (Fsp3) is 0.240. The summed E-state index contributed by atoms with van der Waals surface area (Å²) in [6.07, 6.45) is -1.01. The van der Waals surface area contributed by atoms with Crippen LogP contribution in [-0.2, 0) is 14.8 Å². The molecule has 1 atom stereocenters. The normalized spacial score (nSPS) is 15.3. The Bertz CT molecular complexity index is 1300. The molecule has 1 aliphatic heterocycles. The van der Waals surface area contributed by atoms with Gasteiger partial charge in [-0.25, -0.2) is 8.42 Å². The molecule has 1 amide bonds. The molecule has 1 unspecified atom stereocenters. The quantitative estimate of drug-likeness (QED) is 0.493. The number of hydrogen-bond acceptors (Lipinski definition) is 5. The highest BCUT2D eigenvalue weighted by Gasteiger charge is 2.37. The Kier molecular flexibility index (Phi) is 7.00. The number of benzene rings is 3. The first-order valence-corrected chi connectivity index (χ1v) is 12.6. The predicted octanol–water partition coefficient (Wildman–Crippen LogP) is 4.11. The average molecular weight is 501 g/mol. The number of carbonyl (C=O) groups excluding carboxylic acids is 1. The molecule has 0 fully saturated rings. The van der Waals surface area contributed by atoms with Crippen LogP contribution in [0, 0.1) is 13.8 Å². The maximum Gasteiger partial charge on any atom is 0.264 e. The minimum Gasteiger partial charge on any atom is -0.492 e. The van der Waals surface area contributed by atoms with Crippen molar-refractivity contribution in [1.29, 1.82) is 0 Å². The fourth-order valence-electron chi connectivity index (χ4n) is 3.57. The van der Waals surface area contributed by atoms with Gasteiger partial charge in [0.05, 0.1) is 23.7 Å². The zero-order valence-corrected chi connectivity index (χ0v) is 20.4. The summed E-state index contributed by atoms with van der Waals surface area (Å²) in [6.45, 7) is 4.06. The molecule has 4 rings (SSSR count). The van der Waals surface area contributed by atoms with E-state index in [0.29, 0.717) is 22.2 Å². The molecule has 0 radical (unpaired) electrons. The molecule has 178 valence electrons. The molecule has 34 heavy (non-hydrogen) atoms. The number of nitrogens with one attached hydrogen (secondary N) is 1. The Morgan fingerprint density at radius 2 is 1.88 bits per heavy atom. The van der Waals surface area contributed by atoms with Crippen LogP contribution in [0.3, 0.4) is 0 Å². The number of hydrogen-bond donors (Lipinski definition) is 1. The van der Waals surface area contributed by atoms with E-state index in [-0.39, 0.29) is 24.6 Å². The molecule has 7 nitrogen and oxygen atoms in total. The number of aryl methyl sites for hydroxylation is 2. The number of ether oxygens (including phenoxy) is 2. The molecule has 3 aromatic rings. The molecule has 1 N–H and O–H groups in total. The molecular weight excluding hydrogens is 476 g/mol. The second-order valence-electron chi connectivity index (χ2n) is 7.98. The van der Waals surface area contributed by atoms with E-state index in [1.54, 1.807) is 42.5 Å². The van der Waals surface area contributed by atoms with Gasteiger partial charge in [-0.2, -0.15) is 0 Å². The summed E-state index contributed by atoms with van der Waals surface area (Å²) in [4.78, 5) is 13.0. The molecule has 0 saturated carbocycles. The number of nitrogens with zero attached hydrogens (tertiary/aromatic N) is 1. The van der Waals surface area contributed by atoms with Gasteiger partial charge in [-0.3, -0.25) is 9.10 Å². The third-order valence-corrected chi connectivity index (χ3v) is 7.62. The lowest BCUT2D eigenvalue weighted by atomic mass is 10.1. The van der Waals surface area contributed by atoms with E-state index in [4.69, 9.17) is 21.1 Å². The first-order chi connectivity index (χ1) is 16.3. The van der Waals surface area contributed by atoms with Crippen LogP contribution in [0.5, 0.6) is 11.5 Å². The first-order valence-electron chi connectivity index (χ1n) is 10.8. The van der Waals surface area contributed by atoms with Gasteiger partial charge < -0.3 is 14.8 Å². The average Bonchev–Trinajstić information content (AvgIpc) is 2.83. The molecule has 0 aromatic heterocycles. The highest BCUT2D eigenvalue weighted by atomic mass is 35.5. The van der Waals surface area contributed by atoms with Gasteiger partial charge >= 0.3 is 0 Å². The molecule has 9 heteroatoms. The predicted molar refractivity (Wildman–Crippen MR) is 131 cm³/mol. The van der Waals surface area contributed by atoms with Crippen LogP contribution in [0.1, 0.15) is 11.1 Å². The number of anilines is 1. The van der Waals surface area contributed by atoms with Crippen LogP contribution in [0.2, 0.25) is 5.02 Å². The number of amides is 1. The van der Waals surface area contributed by atoms with Gasteiger partial charge in [-0.15, -0.1) is 0 Å². The van der Waals surface area contributed by atoms with Gasteiger partial charge in [0.1, 0.15) is 18.1 Å². The van der Waals surface area contributed by atoms with E-state index in [2.05, 4.69) is 5.32 Å². The van der Waals surface area contributed by atoms with Gasteiger partial charge in [-0.05, 0) is 61.4 Å². The Balaban J connectivity index is 1.47. The Morgan fingerprint density at radius 3 is 2.62 bits per heavy atom. The molecule has 0 bridgehead atoms. The van der Waals surface area contributed by atoms with Crippen LogP contribution in [-0.4, -0.2) is 40.1 Å². The zero-order chi connectivity index (χ0) is 24.3. The van der Waals surface area contributed by atoms with Crippen LogP contribution in [0.15, 0.2) is 71.6 Å². The Labute approximate surface area is 204 Å². The number of carbonyl (C=O) groups is 1. The summed E-state index contributed by atoms with van der Waals surface area (Å²) in [5.74, 6) is 0.510. The van der Waals surface area contributed by atoms with E-state index < -0.39 is 22.0 Å². The number of sulfonamides is 1. The largest absolute Gasteiger partial charge is 0.492 e. The van der Waals surface area contributed by atoms with E-state index in [9.17, 15) is 13.2 Å². The van der Waals surface area contributed by atoms with Crippen molar-refractivity contribution in [1.82, 2.24) is 5.32 Å². The lowest BCUT2D eigenvalue weighted by Gasteiger charge is -2.35. The summed E-state index contributed by atoms with van der Waals surface area (Å²) >= 11 is 6.10. The van der Waals surface area contributed by atoms with Crippen molar-refractivity contribution >= 4 is 33.2 Å². The maximum absolute atomic E-state index is 13.4. The molecule has 0 spiro atoms. The third kappa shape index (κ3) is 5.13. The Hall–Kier alpha value is -3.23.